The summed E-state index contributed by atoms with van der Waals surface area (Å²) in [5.41, 5.74) is 1.27. The smallest absolute Gasteiger partial charge is 0.226 e. The summed E-state index contributed by atoms with van der Waals surface area (Å²) < 4.78 is 5.28. The molecule has 0 fully saturated rings. The van der Waals surface area contributed by atoms with E-state index in [1.165, 1.54) is 0 Å². The van der Waals surface area contributed by atoms with Crippen LogP contribution in [0.15, 0.2) is 24.3 Å². The van der Waals surface area contributed by atoms with Gasteiger partial charge < -0.3 is 10.1 Å². The maximum atomic E-state index is 11.5. The van der Waals surface area contributed by atoms with Crippen molar-refractivity contribution >= 4 is 11.6 Å². The number of hydrogen-bond donors (Lipinski definition) is 1. The molecular formula is C13H16N2O2. The minimum absolute atomic E-state index is 0.0876. The van der Waals surface area contributed by atoms with Crippen LogP contribution in [0.1, 0.15) is 25.8 Å². The number of hydrogen-bond acceptors (Lipinski definition) is 3. The van der Waals surface area contributed by atoms with Gasteiger partial charge in [0.05, 0.1) is 30.8 Å². The number of carbonyl (C=O) groups excluding carboxylic acids is 1. The fourth-order valence-corrected chi connectivity index (χ4v) is 1.24. The normalized spacial score (nSPS) is 10.0. The van der Waals surface area contributed by atoms with Gasteiger partial charge >= 0.3 is 0 Å². The molecule has 1 aromatic rings. The minimum Gasteiger partial charge on any atom is -0.378 e. The van der Waals surface area contributed by atoms with Crippen molar-refractivity contribution in [1.29, 1.82) is 5.26 Å². The molecule has 17 heavy (non-hydrogen) atoms. The zero-order chi connectivity index (χ0) is 12.7. The molecule has 4 heteroatoms. The zero-order valence-corrected chi connectivity index (χ0v) is 10.1. The van der Waals surface area contributed by atoms with Gasteiger partial charge in [-0.2, -0.15) is 5.26 Å². The number of ether oxygens (including phenoxy) is 1. The lowest BCUT2D eigenvalue weighted by Crippen LogP contribution is -2.15. The molecule has 0 radical (unpaired) electrons. The summed E-state index contributed by atoms with van der Waals surface area (Å²) in [6.45, 7) is 4.27. The van der Waals surface area contributed by atoms with Crippen LogP contribution in [0.3, 0.4) is 0 Å². The highest BCUT2D eigenvalue weighted by atomic mass is 16.5. The number of nitrogens with one attached hydrogen (secondary N) is 1. The molecule has 90 valence electrons. The summed E-state index contributed by atoms with van der Waals surface area (Å²) >= 11 is 0. The average Bonchev–Trinajstić information content (AvgIpc) is 2.29. The lowest BCUT2D eigenvalue weighted by Gasteiger charge is -2.08. The first-order chi connectivity index (χ1) is 8.11. The number of nitriles is 1. The van der Waals surface area contributed by atoms with E-state index in [1.54, 1.807) is 24.3 Å². The van der Waals surface area contributed by atoms with Gasteiger partial charge in [-0.15, -0.1) is 0 Å². The Morgan fingerprint density at radius 1 is 1.41 bits per heavy atom. The topological polar surface area (TPSA) is 62.1 Å². The third-order valence-electron chi connectivity index (χ3n) is 2.08. The van der Waals surface area contributed by atoms with Crippen molar-refractivity contribution in [2.45, 2.75) is 26.4 Å². The van der Waals surface area contributed by atoms with Crippen molar-refractivity contribution in [1.82, 2.24) is 0 Å². The first-order valence-corrected chi connectivity index (χ1v) is 5.53. The number of anilines is 1. The Labute approximate surface area is 101 Å². The van der Waals surface area contributed by atoms with Gasteiger partial charge in [0.1, 0.15) is 0 Å². The Morgan fingerprint density at radius 2 is 2.06 bits per heavy atom. The Kier molecular flexibility index (Phi) is 5.18. The van der Waals surface area contributed by atoms with Crippen LogP contribution in [-0.4, -0.2) is 18.6 Å². The van der Waals surface area contributed by atoms with Gasteiger partial charge in [-0.05, 0) is 38.1 Å². The molecule has 0 aliphatic rings. The molecule has 0 bridgehead atoms. The molecule has 1 rings (SSSR count). The van der Waals surface area contributed by atoms with E-state index in [2.05, 4.69) is 5.32 Å². The molecule has 0 aliphatic heterocycles. The maximum absolute atomic E-state index is 11.5. The molecule has 0 spiro atoms. The van der Waals surface area contributed by atoms with E-state index in [9.17, 15) is 4.79 Å². The Hall–Kier alpha value is -1.86. The summed E-state index contributed by atoms with van der Waals surface area (Å²) in [4.78, 5) is 11.5. The van der Waals surface area contributed by atoms with E-state index < -0.39 is 0 Å². The molecule has 0 saturated heterocycles. The number of carbonyl (C=O) groups is 1. The van der Waals surface area contributed by atoms with Crippen molar-refractivity contribution < 1.29 is 9.53 Å². The fraction of sp³-hybridized carbons (Fsp3) is 0.385. The number of rotatable bonds is 5. The molecule has 1 amide bonds. The Balaban J connectivity index is 2.37. The van der Waals surface area contributed by atoms with Gasteiger partial charge in [0.25, 0.3) is 0 Å². The molecule has 1 N–H and O–H groups in total. The third-order valence-corrected chi connectivity index (χ3v) is 2.08. The van der Waals surface area contributed by atoms with E-state index in [-0.39, 0.29) is 12.0 Å². The van der Waals surface area contributed by atoms with Gasteiger partial charge in [0.2, 0.25) is 5.91 Å². The van der Waals surface area contributed by atoms with E-state index >= 15 is 0 Å². The lowest BCUT2D eigenvalue weighted by molar-refractivity contribution is -0.117. The molecular weight excluding hydrogens is 216 g/mol. The summed E-state index contributed by atoms with van der Waals surface area (Å²) in [6, 6.07) is 8.77. The van der Waals surface area contributed by atoms with Crippen LogP contribution in [-0.2, 0) is 9.53 Å². The third kappa shape index (κ3) is 5.14. The summed E-state index contributed by atoms with van der Waals surface area (Å²) in [7, 11) is 0. The van der Waals surface area contributed by atoms with Crippen LogP contribution in [0.2, 0.25) is 0 Å². The van der Waals surface area contributed by atoms with E-state index in [0.717, 1.165) is 0 Å². The van der Waals surface area contributed by atoms with E-state index in [1.807, 2.05) is 19.9 Å². The first kappa shape index (κ1) is 13.2. The zero-order valence-electron chi connectivity index (χ0n) is 10.1. The van der Waals surface area contributed by atoms with Crippen molar-refractivity contribution in [2.75, 3.05) is 11.9 Å². The predicted molar refractivity (Wildman–Crippen MR) is 65.5 cm³/mol. The van der Waals surface area contributed by atoms with Crippen LogP contribution in [0.25, 0.3) is 0 Å². The van der Waals surface area contributed by atoms with Crippen LogP contribution in [0.5, 0.6) is 0 Å². The van der Waals surface area contributed by atoms with Crippen molar-refractivity contribution in [3.05, 3.63) is 29.8 Å². The fourth-order valence-electron chi connectivity index (χ4n) is 1.24. The monoisotopic (exact) mass is 232 g/mol. The SMILES string of the molecule is CC(C)OCCC(=O)Nc1ccc(C#N)cc1. The van der Waals surface area contributed by atoms with E-state index in [4.69, 9.17) is 10.00 Å². The van der Waals surface area contributed by atoms with Gasteiger partial charge in [-0.1, -0.05) is 0 Å². The molecule has 0 heterocycles. The minimum atomic E-state index is -0.0876. The predicted octanol–water partition coefficient (Wildman–Crippen LogP) is 2.31. The molecule has 0 aromatic heterocycles. The molecule has 0 saturated carbocycles. The van der Waals surface area contributed by atoms with Gasteiger partial charge in [-0.3, -0.25) is 4.79 Å². The van der Waals surface area contributed by atoms with Crippen LogP contribution in [0.4, 0.5) is 5.69 Å². The highest BCUT2D eigenvalue weighted by molar-refractivity contribution is 5.90. The molecule has 0 unspecified atom stereocenters. The lowest BCUT2D eigenvalue weighted by atomic mass is 10.2. The van der Waals surface area contributed by atoms with Crippen molar-refractivity contribution in [3.8, 4) is 6.07 Å². The molecule has 1 aromatic carbocycles. The van der Waals surface area contributed by atoms with Crippen molar-refractivity contribution in [2.24, 2.45) is 0 Å². The summed E-state index contributed by atoms with van der Waals surface area (Å²) in [5, 5.41) is 11.4. The van der Waals surface area contributed by atoms with Crippen molar-refractivity contribution in [3.63, 3.8) is 0 Å². The first-order valence-electron chi connectivity index (χ1n) is 5.53. The number of benzene rings is 1. The second kappa shape index (κ2) is 6.66. The Morgan fingerprint density at radius 3 is 2.59 bits per heavy atom. The molecule has 0 atom stereocenters. The van der Waals surface area contributed by atoms with Gasteiger partial charge in [0.15, 0.2) is 0 Å². The van der Waals surface area contributed by atoms with E-state index in [0.29, 0.717) is 24.3 Å². The van der Waals surface area contributed by atoms with Crippen LogP contribution >= 0.6 is 0 Å². The molecule has 0 aliphatic carbocycles. The highest BCUT2D eigenvalue weighted by Crippen LogP contribution is 2.09. The largest absolute Gasteiger partial charge is 0.378 e. The standard InChI is InChI=1S/C13H16N2O2/c1-10(2)17-8-7-13(16)15-12-5-3-11(9-14)4-6-12/h3-6,10H,7-8H2,1-2H3,(H,15,16). The average molecular weight is 232 g/mol. The highest BCUT2D eigenvalue weighted by Gasteiger charge is 2.03. The van der Waals surface area contributed by atoms with Crippen LogP contribution in [0, 0.1) is 11.3 Å². The summed E-state index contributed by atoms with van der Waals surface area (Å²) in [5.74, 6) is -0.0876. The van der Waals surface area contributed by atoms with Gasteiger partial charge in [0, 0.05) is 5.69 Å². The molecule has 4 nitrogen and oxygen atoms in total. The Bertz CT molecular complexity index is 404. The second-order valence-electron chi connectivity index (χ2n) is 3.91. The maximum Gasteiger partial charge on any atom is 0.226 e. The number of nitrogens with zero attached hydrogens (tertiary/aromatic N) is 1. The van der Waals surface area contributed by atoms with Crippen LogP contribution < -0.4 is 5.32 Å². The van der Waals surface area contributed by atoms with Gasteiger partial charge in [-0.25, -0.2) is 0 Å². The second-order valence-corrected chi connectivity index (χ2v) is 3.91. The summed E-state index contributed by atoms with van der Waals surface area (Å²) in [6.07, 6.45) is 0.468. The quantitative estimate of drug-likeness (QED) is 0.847. The number of amides is 1.